The summed E-state index contributed by atoms with van der Waals surface area (Å²) in [6.07, 6.45) is -0.170. The minimum absolute atomic E-state index is 0.254. The van der Waals surface area contributed by atoms with E-state index < -0.39 is 28.4 Å². The molecule has 1 fully saturated rings. The SMILES string of the molecule is CC(C)(C)[S+]([O-])N(Cc1ccccc1)C[C@@H]1CCC(N=[N+]=[N-])C(O)O1. The summed E-state index contributed by atoms with van der Waals surface area (Å²) in [7, 11) is 0. The highest BCUT2D eigenvalue weighted by Crippen LogP contribution is 2.27. The Balaban J connectivity index is 2.07. The van der Waals surface area contributed by atoms with Gasteiger partial charge in [0.25, 0.3) is 0 Å². The van der Waals surface area contributed by atoms with Gasteiger partial charge in [-0.1, -0.05) is 35.4 Å². The van der Waals surface area contributed by atoms with Crippen LogP contribution in [0.15, 0.2) is 35.4 Å². The molecule has 2 rings (SSSR count). The predicted octanol–water partition coefficient (Wildman–Crippen LogP) is 3.13. The van der Waals surface area contributed by atoms with Crippen LogP contribution in [-0.4, -0.2) is 43.7 Å². The molecule has 1 aromatic carbocycles. The van der Waals surface area contributed by atoms with Crippen LogP contribution in [0, 0.1) is 0 Å². The zero-order valence-corrected chi connectivity index (χ0v) is 15.7. The van der Waals surface area contributed by atoms with Gasteiger partial charge in [0.1, 0.15) is 4.75 Å². The Bertz CT molecular complexity index is 589. The van der Waals surface area contributed by atoms with E-state index in [1.54, 1.807) is 0 Å². The molecule has 8 heteroatoms. The highest BCUT2D eigenvalue weighted by molar-refractivity contribution is 7.90. The monoisotopic (exact) mass is 366 g/mol. The first-order chi connectivity index (χ1) is 11.8. The van der Waals surface area contributed by atoms with Gasteiger partial charge in [-0.3, -0.25) is 0 Å². The van der Waals surface area contributed by atoms with E-state index in [1.165, 1.54) is 0 Å². The number of benzene rings is 1. The predicted molar refractivity (Wildman–Crippen MR) is 97.8 cm³/mol. The fourth-order valence-electron chi connectivity index (χ4n) is 2.76. The average Bonchev–Trinajstić information content (AvgIpc) is 2.56. The molecule has 0 bridgehead atoms. The fourth-order valence-corrected chi connectivity index (χ4v) is 4.11. The Morgan fingerprint density at radius 2 is 2.04 bits per heavy atom. The molecule has 138 valence electrons. The third kappa shape index (κ3) is 5.88. The molecule has 7 nitrogen and oxygen atoms in total. The van der Waals surface area contributed by atoms with Crippen LogP contribution in [0.1, 0.15) is 39.2 Å². The van der Waals surface area contributed by atoms with Crippen molar-refractivity contribution in [2.45, 2.75) is 63.3 Å². The summed E-state index contributed by atoms with van der Waals surface area (Å²) in [4.78, 5) is 2.74. The van der Waals surface area contributed by atoms with Crippen molar-refractivity contribution in [3.8, 4) is 0 Å². The summed E-state index contributed by atoms with van der Waals surface area (Å²) < 4.78 is 20.0. The van der Waals surface area contributed by atoms with Crippen LogP contribution in [-0.2, 0) is 22.6 Å². The smallest absolute Gasteiger partial charge is 0.163 e. The number of hydrogen-bond donors (Lipinski definition) is 1. The maximum atomic E-state index is 12.9. The number of nitrogens with zero attached hydrogens (tertiary/aromatic N) is 4. The van der Waals surface area contributed by atoms with Gasteiger partial charge in [0.2, 0.25) is 0 Å². The van der Waals surface area contributed by atoms with Crippen LogP contribution < -0.4 is 0 Å². The van der Waals surface area contributed by atoms with E-state index in [0.717, 1.165) is 5.56 Å². The maximum Gasteiger partial charge on any atom is 0.163 e. The minimum Gasteiger partial charge on any atom is -0.597 e. The first kappa shape index (κ1) is 20.0. The van der Waals surface area contributed by atoms with E-state index in [0.29, 0.717) is 25.9 Å². The van der Waals surface area contributed by atoms with Crippen molar-refractivity contribution < 1.29 is 14.4 Å². The Morgan fingerprint density at radius 3 is 2.60 bits per heavy atom. The van der Waals surface area contributed by atoms with Gasteiger partial charge >= 0.3 is 0 Å². The lowest BCUT2D eigenvalue weighted by atomic mass is 10.0. The van der Waals surface area contributed by atoms with Crippen molar-refractivity contribution in [3.05, 3.63) is 46.3 Å². The number of rotatable bonds is 6. The Labute approximate surface area is 151 Å². The minimum atomic E-state index is -1.21. The first-order valence-corrected chi connectivity index (χ1v) is 9.50. The van der Waals surface area contributed by atoms with E-state index in [-0.39, 0.29) is 6.10 Å². The molecule has 1 heterocycles. The molecular formula is C17H26N4O3S. The van der Waals surface area contributed by atoms with Crippen molar-refractivity contribution >= 4 is 11.4 Å². The molecule has 4 atom stereocenters. The zero-order valence-electron chi connectivity index (χ0n) is 14.9. The molecule has 0 aromatic heterocycles. The van der Waals surface area contributed by atoms with Crippen molar-refractivity contribution in [2.75, 3.05) is 6.54 Å². The van der Waals surface area contributed by atoms with Crippen molar-refractivity contribution in [1.82, 2.24) is 4.31 Å². The van der Waals surface area contributed by atoms with E-state index in [9.17, 15) is 9.66 Å². The lowest BCUT2D eigenvalue weighted by Crippen LogP contribution is -2.48. The average molecular weight is 366 g/mol. The molecular weight excluding hydrogens is 340 g/mol. The molecule has 1 aliphatic rings. The van der Waals surface area contributed by atoms with Crippen LogP contribution in [0.3, 0.4) is 0 Å². The number of hydrogen-bond acceptors (Lipinski definition) is 5. The van der Waals surface area contributed by atoms with Crippen LogP contribution in [0.25, 0.3) is 10.4 Å². The topological polar surface area (TPSA) is 105 Å². The lowest BCUT2D eigenvalue weighted by Gasteiger charge is -2.37. The van der Waals surface area contributed by atoms with Crippen LogP contribution in [0.2, 0.25) is 0 Å². The molecule has 1 aliphatic heterocycles. The second-order valence-electron chi connectivity index (χ2n) is 7.17. The molecule has 0 spiro atoms. The molecule has 25 heavy (non-hydrogen) atoms. The lowest BCUT2D eigenvalue weighted by molar-refractivity contribution is -0.174. The standard InChI is InChI=1S/C17H26N4O3S/c1-17(2,3)25(23)21(11-13-7-5-4-6-8-13)12-14-9-10-15(19-20-18)16(22)24-14/h4-8,14-16,22H,9-12H2,1-3H3/t14-,15?,16?,25?/m0/s1. The highest BCUT2D eigenvalue weighted by Gasteiger charge is 2.37. The number of ether oxygens (including phenoxy) is 1. The quantitative estimate of drug-likeness (QED) is 0.361. The molecule has 0 aliphatic carbocycles. The number of azide groups is 1. The summed E-state index contributed by atoms with van der Waals surface area (Å²) >= 11 is -1.21. The largest absolute Gasteiger partial charge is 0.597 e. The van der Waals surface area contributed by atoms with Crippen LogP contribution in [0.4, 0.5) is 0 Å². The highest BCUT2D eigenvalue weighted by atomic mass is 32.2. The summed E-state index contributed by atoms with van der Waals surface area (Å²) in [5.41, 5.74) is 9.59. The van der Waals surface area contributed by atoms with E-state index in [4.69, 9.17) is 10.3 Å². The normalized spacial score (nSPS) is 25.4. The number of aliphatic hydroxyl groups excluding tert-OH is 1. The molecule has 0 amide bonds. The van der Waals surface area contributed by atoms with Crippen LogP contribution in [0.5, 0.6) is 0 Å². The molecule has 0 radical (unpaired) electrons. The maximum absolute atomic E-state index is 12.9. The summed E-state index contributed by atoms with van der Waals surface area (Å²) in [6.45, 7) is 6.80. The van der Waals surface area contributed by atoms with Gasteiger partial charge in [-0.05, 0) is 44.7 Å². The van der Waals surface area contributed by atoms with Crippen molar-refractivity contribution in [2.24, 2.45) is 5.11 Å². The summed E-state index contributed by atoms with van der Waals surface area (Å²) in [5.74, 6) is 0. The number of aliphatic hydroxyl groups is 1. The molecule has 0 saturated carbocycles. The van der Waals surface area contributed by atoms with E-state index in [2.05, 4.69) is 10.0 Å². The van der Waals surface area contributed by atoms with E-state index in [1.807, 2.05) is 55.4 Å². The van der Waals surface area contributed by atoms with Gasteiger partial charge in [-0.25, -0.2) is 0 Å². The molecule has 1 aromatic rings. The van der Waals surface area contributed by atoms with Crippen molar-refractivity contribution in [3.63, 3.8) is 0 Å². The fraction of sp³-hybridized carbons (Fsp3) is 0.647. The van der Waals surface area contributed by atoms with Gasteiger partial charge in [0, 0.05) is 16.3 Å². The zero-order chi connectivity index (χ0) is 18.4. The van der Waals surface area contributed by atoms with Gasteiger partial charge in [0.05, 0.1) is 25.2 Å². The van der Waals surface area contributed by atoms with Gasteiger partial charge < -0.3 is 14.4 Å². The summed E-state index contributed by atoms with van der Waals surface area (Å²) in [6, 6.07) is 9.31. The Hall–Kier alpha value is -1.28. The van der Waals surface area contributed by atoms with Gasteiger partial charge in [-0.15, -0.1) is 4.31 Å². The third-order valence-electron chi connectivity index (χ3n) is 4.01. The third-order valence-corrected chi connectivity index (χ3v) is 5.81. The molecule has 1 saturated heterocycles. The van der Waals surface area contributed by atoms with E-state index >= 15 is 0 Å². The van der Waals surface area contributed by atoms with Crippen molar-refractivity contribution in [1.29, 1.82) is 0 Å². The second-order valence-corrected chi connectivity index (χ2v) is 9.41. The second kappa shape index (κ2) is 8.89. The molecule has 1 N–H and O–H groups in total. The molecule has 3 unspecified atom stereocenters. The summed E-state index contributed by atoms with van der Waals surface area (Å²) in [5, 5.41) is 13.5. The van der Waals surface area contributed by atoms with Gasteiger partial charge in [0.15, 0.2) is 6.29 Å². The Morgan fingerprint density at radius 1 is 1.36 bits per heavy atom. The van der Waals surface area contributed by atoms with Crippen LogP contribution >= 0.6 is 0 Å². The van der Waals surface area contributed by atoms with Gasteiger partial charge in [-0.2, -0.15) is 0 Å². The first-order valence-electron chi connectivity index (χ1n) is 8.40. The Kier molecular flexibility index (Phi) is 7.13.